The van der Waals surface area contributed by atoms with Crippen LogP contribution < -0.4 is 0 Å². The van der Waals surface area contributed by atoms with E-state index in [1.165, 1.54) is 11.1 Å². The summed E-state index contributed by atoms with van der Waals surface area (Å²) < 4.78 is 0. The Balaban J connectivity index is 1.49. The Morgan fingerprint density at radius 2 is 1.61 bits per heavy atom. The Labute approximate surface area is 165 Å². The number of hydrogen-bond donors (Lipinski definition) is 1. The summed E-state index contributed by atoms with van der Waals surface area (Å²) in [6, 6.07) is 21.1. The van der Waals surface area contributed by atoms with Crippen LogP contribution in [0, 0.1) is 0 Å². The van der Waals surface area contributed by atoms with Crippen molar-refractivity contribution in [2.75, 3.05) is 19.6 Å². The monoisotopic (exact) mass is 378 g/mol. The zero-order valence-corrected chi connectivity index (χ0v) is 15.9. The van der Waals surface area contributed by atoms with E-state index in [-0.39, 0.29) is 30.5 Å². The fourth-order valence-corrected chi connectivity index (χ4v) is 4.83. The molecular weight excluding hydrogens is 352 g/mol. The van der Waals surface area contributed by atoms with Crippen LogP contribution in [0.15, 0.2) is 60.7 Å². The zero-order valence-electron chi connectivity index (χ0n) is 15.9. The first-order chi connectivity index (χ1) is 13.6. The van der Waals surface area contributed by atoms with Gasteiger partial charge in [0, 0.05) is 37.5 Å². The molecule has 2 aromatic carbocycles. The summed E-state index contributed by atoms with van der Waals surface area (Å²) in [5.74, 6) is -0.421. The van der Waals surface area contributed by atoms with Gasteiger partial charge in [0.2, 0.25) is 5.91 Å². The molecule has 0 saturated carbocycles. The summed E-state index contributed by atoms with van der Waals surface area (Å²) in [5.41, 5.74) is 2.52. The summed E-state index contributed by atoms with van der Waals surface area (Å²) in [6.07, 6.45) is 2.17. The van der Waals surface area contributed by atoms with Crippen LogP contribution in [0.5, 0.6) is 0 Å². The average Bonchev–Trinajstić information content (AvgIpc) is 3.22. The minimum Gasteiger partial charge on any atom is -0.480 e. The standard InChI is InChI=1S/C23H26N2O3/c26-22-15-21-20(12-13-24(21)16-23(27)28)25(22)14-11-19(17-7-3-1-4-8-17)18-9-5-2-6-10-18/h1-10,19-21H,11-16H2,(H,27,28)/t20-,21-/m0/s1. The van der Waals surface area contributed by atoms with E-state index in [1.807, 2.05) is 21.9 Å². The van der Waals surface area contributed by atoms with Gasteiger partial charge in [0.25, 0.3) is 0 Å². The van der Waals surface area contributed by atoms with Crippen LogP contribution in [0.25, 0.3) is 0 Å². The number of rotatable bonds is 7. The van der Waals surface area contributed by atoms with Crippen LogP contribution in [-0.2, 0) is 9.59 Å². The molecule has 5 nitrogen and oxygen atoms in total. The van der Waals surface area contributed by atoms with Gasteiger partial charge in [-0.05, 0) is 24.0 Å². The number of nitrogens with zero attached hydrogens (tertiary/aromatic N) is 2. The predicted octanol–water partition coefficient (Wildman–Crippen LogP) is 2.97. The van der Waals surface area contributed by atoms with Crippen molar-refractivity contribution in [1.29, 1.82) is 0 Å². The molecule has 2 aromatic rings. The van der Waals surface area contributed by atoms with Crippen molar-refractivity contribution in [2.45, 2.75) is 37.3 Å². The summed E-state index contributed by atoms with van der Waals surface area (Å²) in [6.45, 7) is 1.49. The number of likely N-dealkylation sites (tertiary alicyclic amines) is 2. The molecule has 2 fully saturated rings. The van der Waals surface area contributed by atoms with Gasteiger partial charge < -0.3 is 10.0 Å². The fourth-order valence-electron chi connectivity index (χ4n) is 4.83. The van der Waals surface area contributed by atoms with E-state index in [0.29, 0.717) is 13.0 Å². The van der Waals surface area contributed by atoms with Gasteiger partial charge in [-0.2, -0.15) is 0 Å². The molecule has 1 amide bonds. The maximum absolute atomic E-state index is 12.7. The second kappa shape index (κ2) is 8.15. The number of carbonyl (C=O) groups is 2. The lowest BCUT2D eigenvalue weighted by Crippen LogP contribution is -2.39. The molecule has 2 atom stereocenters. The predicted molar refractivity (Wildman–Crippen MR) is 107 cm³/mol. The number of carboxylic acid groups (broad SMARTS) is 1. The smallest absolute Gasteiger partial charge is 0.317 e. The topological polar surface area (TPSA) is 60.9 Å². The second-order valence-corrected chi connectivity index (χ2v) is 7.74. The Hall–Kier alpha value is -2.66. The van der Waals surface area contributed by atoms with E-state index in [0.717, 1.165) is 19.4 Å². The Bertz CT molecular complexity index is 785. The number of carbonyl (C=O) groups excluding carboxylic acids is 1. The van der Waals surface area contributed by atoms with Crippen molar-refractivity contribution in [3.8, 4) is 0 Å². The Kier molecular flexibility index (Phi) is 5.44. The van der Waals surface area contributed by atoms with E-state index in [4.69, 9.17) is 5.11 Å². The Morgan fingerprint density at radius 1 is 1.00 bits per heavy atom. The highest BCUT2D eigenvalue weighted by atomic mass is 16.4. The number of hydrogen-bond acceptors (Lipinski definition) is 3. The highest BCUT2D eigenvalue weighted by Gasteiger charge is 2.46. The van der Waals surface area contributed by atoms with Crippen molar-refractivity contribution >= 4 is 11.9 Å². The van der Waals surface area contributed by atoms with Gasteiger partial charge in [-0.3, -0.25) is 14.5 Å². The molecule has 0 aromatic heterocycles. The molecule has 2 aliphatic heterocycles. The third kappa shape index (κ3) is 3.80. The van der Waals surface area contributed by atoms with Crippen molar-refractivity contribution in [3.05, 3.63) is 71.8 Å². The van der Waals surface area contributed by atoms with Gasteiger partial charge in [-0.25, -0.2) is 0 Å². The lowest BCUT2D eigenvalue weighted by Gasteiger charge is -2.27. The van der Waals surface area contributed by atoms with E-state index in [1.54, 1.807) is 0 Å². The average molecular weight is 378 g/mol. The van der Waals surface area contributed by atoms with E-state index in [9.17, 15) is 9.59 Å². The zero-order chi connectivity index (χ0) is 19.5. The molecule has 5 heteroatoms. The van der Waals surface area contributed by atoms with Crippen LogP contribution in [0.2, 0.25) is 0 Å². The molecule has 1 N–H and O–H groups in total. The molecule has 2 saturated heterocycles. The van der Waals surface area contributed by atoms with E-state index in [2.05, 4.69) is 48.5 Å². The molecule has 146 valence electrons. The van der Waals surface area contributed by atoms with Crippen LogP contribution in [0.1, 0.15) is 36.3 Å². The van der Waals surface area contributed by atoms with Crippen LogP contribution in [-0.4, -0.2) is 58.5 Å². The Morgan fingerprint density at radius 3 is 2.18 bits per heavy atom. The molecule has 0 bridgehead atoms. The summed E-state index contributed by atoms with van der Waals surface area (Å²) >= 11 is 0. The molecule has 0 radical (unpaired) electrons. The van der Waals surface area contributed by atoms with Gasteiger partial charge in [0.15, 0.2) is 0 Å². The van der Waals surface area contributed by atoms with Gasteiger partial charge >= 0.3 is 5.97 Å². The number of amides is 1. The first kappa shape index (κ1) is 18.7. The lowest BCUT2D eigenvalue weighted by molar-refractivity contribution is -0.138. The van der Waals surface area contributed by atoms with Crippen molar-refractivity contribution in [2.24, 2.45) is 0 Å². The second-order valence-electron chi connectivity index (χ2n) is 7.74. The molecule has 2 heterocycles. The van der Waals surface area contributed by atoms with Gasteiger partial charge in [0.1, 0.15) is 0 Å². The highest BCUT2D eigenvalue weighted by molar-refractivity contribution is 5.80. The quantitative estimate of drug-likeness (QED) is 0.805. The van der Waals surface area contributed by atoms with Crippen LogP contribution in [0.3, 0.4) is 0 Å². The minimum absolute atomic E-state index is 0.0267. The molecule has 4 rings (SSSR count). The maximum Gasteiger partial charge on any atom is 0.317 e. The van der Waals surface area contributed by atoms with E-state index < -0.39 is 5.97 Å². The van der Waals surface area contributed by atoms with Gasteiger partial charge in [0.05, 0.1) is 6.54 Å². The molecule has 28 heavy (non-hydrogen) atoms. The lowest BCUT2D eigenvalue weighted by atomic mass is 9.88. The van der Waals surface area contributed by atoms with Crippen LogP contribution in [0.4, 0.5) is 0 Å². The molecule has 0 unspecified atom stereocenters. The van der Waals surface area contributed by atoms with Crippen molar-refractivity contribution in [1.82, 2.24) is 9.80 Å². The third-order valence-electron chi connectivity index (χ3n) is 6.13. The highest BCUT2D eigenvalue weighted by Crippen LogP contribution is 2.34. The van der Waals surface area contributed by atoms with Crippen molar-refractivity contribution < 1.29 is 14.7 Å². The number of carboxylic acids is 1. The fraction of sp³-hybridized carbons (Fsp3) is 0.391. The summed E-state index contributed by atoms with van der Waals surface area (Å²) in [7, 11) is 0. The number of benzene rings is 2. The molecule has 0 aliphatic carbocycles. The number of fused-ring (bicyclic) bond motifs is 1. The maximum atomic E-state index is 12.7. The van der Waals surface area contributed by atoms with Gasteiger partial charge in [-0.15, -0.1) is 0 Å². The minimum atomic E-state index is -0.820. The third-order valence-corrected chi connectivity index (χ3v) is 6.13. The SMILES string of the molecule is O=C(O)CN1CC[C@H]2[C@@H]1CC(=O)N2CCC(c1ccccc1)c1ccccc1. The molecular formula is C23H26N2O3. The first-order valence-corrected chi connectivity index (χ1v) is 9.98. The normalized spacial score (nSPS) is 22.0. The summed E-state index contributed by atoms with van der Waals surface area (Å²) in [5, 5.41) is 9.11. The molecule has 0 spiro atoms. The number of aliphatic carboxylic acids is 1. The van der Waals surface area contributed by atoms with Gasteiger partial charge in [-0.1, -0.05) is 60.7 Å². The first-order valence-electron chi connectivity index (χ1n) is 9.98. The van der Waals surface area contributed by atoms with Crippen LogP contribution >= 0.6 is 0 Å². The summed E-state index contributed by atoms with van der Waals surface area (Å²) in [4.78, 5) is 27.7. The largest absolute Gasteiger partial charge is 0.480 e. The molecule has 2 aliphatic rings. The van der Waals surface area contributed by atoms with E-state index >= 15 is 0 Å². The van der Waals surface area contributed by atoms with Crippen molar-refractivity contribution in [3.63, 3.8) is 0 Å².